The monoisotopic (exact) mass is 401 g/mol. The third-order valence-electron chi connectivity index (χ3n) is 4.76. The summed E-state index contributed by atoms with van der Waals surface area (Å²) in [6, 6.07) is 13.0. The quantitative estimate of drug-likeness (QED) is 0.682. The fraction of sp³-hybridized carbons (Fsp3) is 0.333. The summed E-state index contributed by atoms with van der Waals surface area (Å²) in [5, 5.41) is 4.61. The van der Waals surface area contributed by atoms with Crippen LogP contribution in [0.5, 0.6) is 5.75 Å². The van der Waals surface area contributed by atoms with Crippen LogP contribution in [0.3, 0.4) is 0 Å². The highest BCUT2D eigenvalue weighted by molar-refractivity contribution is 6.01. The van der Waals surface area contributed by atoms with Crippen molar-refractivity contribution < 1.29 is 23.6 Å². The lowest BCUT2D eigenvalue weighted by Crippen LogP contribution is -3.16. The number of piperazine rings is 1. The highest BCUT2D eigenvalue weighted by Gasteiger charge is 2.24. The van der Waals surface area contributed by atoms with Gasteiger partial charge in [-0.1, -0.05) is 24.3 Å². The van der Waals surface area contributed by atoms with Gasteiger partial charge in [0.2, 0.25) is 0 Å². The van der Waals surface area contributed by atoms with E-state index in [9.17, 15) is 14.0 Å². The number of anilines is 2. The maximum absolute atomic E-state index is 13.6. The van der Waals surface area contributed by atoms with E-state index in [2.05, 4.69) is 15.5 Å². The fourth-order valence-corrected chi connectivity index (χ4v) is 3.35. The Bertz CT molecular complexity index is 853. The van der Waals surface area contributed by atoms with E-state index in [0.717, 1.165) is 42.5 Å². The van der Waals surface area contributed by atoms with Crippen molar-refractivity contribution in [2.24, 2.45) is 0 Å². The number of halogens is 1. The second kappa shape index (κ2) is 9.88. The number of carbonyl (C=O) groups is 2. The number of urea groups is 1. The number of hydrogen-bond acceptors (Lipinski definition) is 4. The van der Waals surface area contributed by atoms with Gasteiger partial charge < -0.3 is 19.9 Å². The van der Waals surface area contributed by atoms with Crippen molar-refractivity contribution in [1.29, 1.82) is 0 Å². The molecule has 154 valence electrons. The third kappa shape index (κ3) is 5.68. The molecule has 7 nitrogen and oxygen atoms in total. The van der Waals surface area contributed by atoms with Crippen LogP contribution >= 0.6 is 0 Å². The maximum Gasteiger partial charge on any atom is 0.326 e. The van der Waals surface area contributed by atoms with E-state index in [1.54, 1.807) is 6.07 Å². The minimum atomic E-state index is -0.733. The van der Waals surface area contributed by atoms with Crippen molar-refractivity contribution in [3.63, 3.8) is 0 Å². The molecule has 2 aromatic rings. The molecule has 3 N–H and O–H groups in total. The number of hydrogen-bond donors (Lipinski definition) is 3. The first-order valence-electron chi connectivity index (χ1n) is 9.72. The molecule has 3 rings (SSSR count). The summed E-state index contributed by atoms with van der Waals surface area (Å²) in [5.74, 6) is -0.0813. The van der Waals surface area contributed by atoms with E-state index in [0.29, 0.717) is 6.61 Å². The Morgan fingerprint density at radius 2 is 1.79 bits per heavy atom. The number of para-hydroxylation sites is 3. The van der Waals surface area contributed by atoms with Gasteiger partial charge in [0.15, 0.2) is 6.54 Å². The minimum Gasteiger partial charge on any atom is -0.492 e. The van der Waals surface area contributed by atoms with Crippen molar-refractivity contribution in [3.05, 3.63) is 54.3 Å². The summed E-state index contributed by atoms with van der Waals surface area (Å²) in [6.45, 7) is 5.86. The molecule has 1 fully saturated rings. The molecule has 29 heavy (non-hydrogen) atoms. The average Bonchev–Trinajstić information content (AvgIpc) is 2.71. The van der Waals surface area contributed by atoms with Crippen LogP contribution in [0.1, 0.15) is 6.92 Å². The Morgan fingerprint density at radius 3 is 2.52 bits per heavy atom. The number of amides is 3. The predicted molar refractivity (Wildman–Crippen MR) is 109 cm³/mol. The van der Waals surface area contributed by atoms with Crippen molar-refractivity contribution in [1.82, 2.24) is 5.32 Å². The summed E-state index contributed by atoms with van der Waals surface area (Å²) in [4.78, 5) is 27.4. The van der Waals surface area contributed by atoms with Crippen LogP contribution in [0, 0.1) is 5.82 Å². The average molecular weight is 401 g/mol. The predicted octanol–water partition coefficient (Wildman–Crippen LogP) is 1.28. The van der Waals surface area contributed by atoms with Crippen molar-refractivity contribution in [3.8, 4) is 5.75 Å². The van der Waals surface area contributed by atoms with Gasteiger partial charge in [0.1, 0.15) is 11.6 Å². The molecular formula is C21H26FN4O3+. The normalized spacial score (nSPS) is 14.3. The number of benzene rings is 2. The van der Waals surface area contributed by atoms with Gasteiger partial charge in [-0.3, -0.25) is 10.1 Å². The summed E-state index contributed by atoms with van der Waals surface area (Å²) in [7, 11) is 0. The van der Waals surface area contributed by atoms with Crippen molar-refractivity contribution >= 4 is 23.3 Å². The van der Waals surface area contributed by atoms with Crippen LogP contribution in [0.15, 0.2) is 48.5 Å². The molecule has 1 saturated heterocycles. The molecule has 0 bridgehead atoms. The molecule has 0 atom stereocenters. The van der Waals surface area contributed by atoms with E-state index < -0.39 is 17.8 Å². The van der Waals surface area contributed by atoms with Crippen LogP contribution in [0.4, 0.5) is 20.6 Å². The lowest BCUT2D eigenvalue weighted by atomic mass is 10.2. The van der Waals surface area contributed by atoms with Gasteiger partial charge in [-0.2, -0.15) is 0 Å². The number of quaternary nitrogens is 1. The van der Waals surface area contributed by atoms with Crippen molar-refractivity contribution in [2.45, 2.75) is 6.92 Å². The first-order chi connectivity index (χ1) is 14.1. The number of nitrogens with one attached hydrogen (secondary N) is 3. The third-order valence-corrected chi connectivity index (χ3v) is 4.76. The Balaban J connectivity index is 1.46. The van der Waals surface area contributed by atoms with E-state index >= 15 is 0 Å². The summed E-state index contributed by atoms with van der Waals surface area (Å²) in [6.07, 6.45) is 0. The zero-order chi connectivity index (χ0) is 20.6. The molecule has 1 heterocycles. The van der Waals surface area contributed by atoms with Crippen LogP contribution < -0.4 is 25.2 Å². The first-order valence-corrected chi connectivity index (χ1v) is 9.72. The molecule has 2 aromatic carbocycles. The smallest absolute Gasteiger partial charge is 0.326 e. The second-order valence-electron chi connectivity index (χ2n) is 6.80. The maximum atomic E-state index is 13.6. The zero-order valence-corrected chi connectivity index (χ0v) is 16.4. The molecule has 0 spiro atoms. The van der Waals surface area contributed by atoms with Gasteiger partial charge >= 0.3 is 6.03 Å². The van der Waals surface area contributed by atoms with Crippen LogP contribution in [-0.2, 0) is 4.79 Å². The number of imide groups is 1. The number of rotatable bonds is 6. The van der Waals surface area contributed by atoms with Gasteiger partial charge in [0.25, 0.3) is 5.91 Å². The summed E-state index contributed by atoms with van der Waals surface area (Å²) >= 11 is 0. The topological polar surface area (TPSA) is 75.1 Å². The first kappa shape index (κ1) is 20.6. The van der Waals surface area contributed by atoms with E-state index in [-0.39, 0.29) is 12.2 Å². The van der Waals surface area contributed by atoms with Gasteiger partial charge in [-0.05, 0) is 31.2 Å². The summed E-state index contributed by atoms with van der Waals surface area (Å²) < 4.78 is 19.3. The molecule has 8 heteroatoms. The second-order valence-corrected chi connectivity index (χ2v) is 6.80. The molecular weight excluding hydrogens is 375 g/mol. The van der Waals surface area contributed by atoms with Crippen LogP contribution in [0.2, 0.25) is 0 Å². The van der Waals surface area contributed by atoms with Gasteiger partial charge in [0.05, 0.1) is 44.2 Å². The van der Waals surface area contributed by atoms with E-state index in [4.69, 9.17) is 4.74 Å². The Labute approximate surface area is 169 Å². The zero-order valence-electron chi connectivity index (χ0n) is 16.4. The molecule has 0 aliphatic carbocycles. The van der Waals surface area contributed by atoms with E-state index in [1.165, 1.54) is 18.2 Å². The molecule has 3 amide bonds. The lowest BCUT2D eigenvalue weighted by Gasteiger charge is -2.34. The lowest BCUT2D eigenvalue weighted by molar-refractivity contribution is -0.892. The highest BCUT2D eigenvalue weighted by atomic mass is 19.1. The molecule has 0 aromatic heterocycles. The number of ether oxygens (including phenoxy) is 1. The number of carbonyl (C=O) groups excluding carboxylic acids is 2. The van der Waals surface area contributed by atoms with Gasteiger partial charge in [-0.15, -0.1) is 0 Å². The Hall–Kier alpha value is -3.13. The standard InChI is InChI=1S/C21H25FN4O3/c1-2-29-19-10-6-5-9-18(19)26-13-11-25(12-14-26)15-20(27)24-21(28)23-17-8-4-3-7-16(17)22/h3-10H,2,11-15H2,1H3,(H2,23,24,27,28)/p+1. The summed E-state index contributed by atoms with van der Waals surface area (Å²) in [5.41, 5.74) is 1.09. The Kier molecular flexibility index (Phi) is 7.02. The van der Waals surface area contributed by atoms with Gasteiger partial charge in [-0.25, -0.2) is 9.18 Å². The SMILES string of the molecule is CCOc1ccccc1N1CC[NH+](CC(=O)NC(=O)Nc2ccccc2F)CC1. The molecule has 1 aliphatic rings. The molecule has 1 aliphatic heterocycles. The molecule has 0 unspecified atom stereocenters. The number of nitrogens with zero attached hydrogens (tertiary/aromatic N) is 1. The Morgan fingerprint density at radius 1 is 1.10 bits per heavy atom. The fourth-order valence-electron chi connectivity index (χ4n) is 3.35. The van der Waals surface area contributed by atoms with Crippen molar-refractivity contribution in [2.75, 3.05) is 49.5 Å². The molecule has 0 saturated carbocycles. The van der Waals surface area contributed by atoms with Crippen LogP contribution in [-0.4, -0.2) is 51.3 Å². The highest BCUT2D eigenvalue weighted by Crippen LogP contribution is 2.27. The largest absolute Gasteiger partial charge is 0.492 e. The minimum absolute atomic E-state index is 0.0340. The molecule has 0 radical (unpaired) electrons. The van der Waals surface area contributed by atoms with Crippen LogP contribution in [0.25, 0.3) is 0 Å². The van der Waals surface area contributed by atoms with E-state index in [1.807, 2.05) is 31.2 Å². The van der Waals surface area contributed by atoms with Gasteiger partial charge in [0, 0.05) is 0 Å².